The van der Waals surface area contributed by atoms with Gasteiger partial charge in [0.1, 0.15) is 5.82 Å². The quantitative estimate of drug-likeness (QED) is 0.456. The maximum Gasteiger partial charge on any atom is 0.126 e. The first-order valence-corrected chi connectivity index (χ1v) is 9.99. The van der Waals surface area contributed by atoms with E-state index in [1.165, 1.54) is 0 Å². The lowest BCUT2D eigenvalue weighted by atomic mass is 10.0. The molecule has 7 heteroatoms. The molecule has 1 aliphatic rings. The highest BCUT2D eigenvalue weighted by molar-refractivity contribution is 14.1. The average Bonchev–Trinajstić information content (AvgIpc) is 2.69. The number of hydrogen-bond acceptors (Lipinski definition) is 6. The Labute approximate surface area is 168 Å². The van der Waals surface area contributed by atoms with Gasteiger partial charge in [0.2, 0.25) is 0 Å². The molecule has 0 aromatic carbocycles. The van der Waals surface area contributed by atoms with Crippen LogP contribution in [-0.4, -0.2) is 50.0 Å². The molecule has 0 radical (unpaired) electrons. The fourth-order valence-electron chi connectivity index (χ4n) is 2.93. The van der Waals surface area contributed by atoms with Crippen molar-refractivity contribution in [1.29, 1.82) is 0 Å². The zero-order valence-electron chi connectivity index (χ0n) is 15.0. The van der Waals surface area contributed by atoms with Crippen LogP contribution in [0.15, 0.2) is 30.7 Å². The first kappa shape index (κ1) is 19.3. The Morgan fingerprint density at radius 2 is 2.04 bits per heavy atom. The number of halogens is 1. The molecule has 3 rings (SSSR count). The molecular formula is C19H25IN4O2. The van der Waals surface area contributed by atoms with Crippen LogP contribution in [0.25, 0.3) is 11.1 Å². The van der Waals surface area contributed by atoms with Crippen LogP contribution in [0, 0.1) is 9.49 Å². The van der Waals surface area contributed by atoms with Gasteiger partial charge in [-0.25, -0.2) is 4.98 Å². The first-order valence-electron chi connectivity index (χ1n) is 8.91. The molecule has 140 valence electrons. The summed E-state index contributed by atoms with van der Waals surface area (Å²) in [5.41, 5.74) is 3.27. The molecule has 0 aliphatic carbocycles. The number of anilines is 2. The Hall–Kier alpha value is -1.45. The van der Waals surface area contributed by atoms with Gasteiger partial charge in [0, 0.05) is 66.7 Å². The molecule has 0 saturated carbocycles. The summed E-state index contributed by atoms with van der Waals surface area (Å²) in [4.78, 5) is 8.85. The van der Waals surface area contributed by atoms with Gasteiger partial charge in [0.25, 0.3) is 0 Å². The van der Waals surface area contributed by atoms with E-state index < -0.39 is 0 Å². The Bertz CT molecular complexity index is 708. The van der Waals surface area contributed by atoms with Gasteiger partial charge in [-0.05, 0) is 53.5 Å². The van der Waals surface area contributed by atoms with Gasteiger partial charge in [-0.15, -0.1) is 0 Å². The molecule has 1 saturated heterocycles. The lowest BCUT2D eigenvalue weighted by Gasteiger charge is -2.22. The molecule has 2 N–H and O–H groups in total. The van der Waals surface area contributed by atoms with Gasteiger partial charge in [-0.3, -0.25) is 4.98 Å². The average molecular weight is 468 g/mol. The predicted octanol–water partition coefficient (Wildman–Crippen LogP) is 3.65. The molecule has 0 atom stereocenters. The van der Waals surface area contributed by atoms with Gasteiger partial charge in [-0.1, -0.05) is 0 Å². The maximum absolute atomic E-state index is 5.43. The molecule has 2 aromatic heterocycles. The van der Waals surface area contributed by atoms with Crippen LogP contribution in [0.5, 0.6) is 0 Å². The van der Waals surface area contributed by atoms with Crippen molar-refractivity contribution in [1.82, 2.24) is 9.97 Å². The summed E-state index contributed by atoms with van der Waals surface area (Å²) in [6.45, 7) is 4.09. The fourth-order valence-corrected chi connectivity index (χ4v) is 3.54. The van der Waals surface area contributed by atoms with Crippen LogP contribution in [-0.2, 0) is 9.47 Å². The molecule has 0 amide bonds. The number of nitrogens with zero attached hydrogens (tertiary/aromatic N) is 2. The van der Waals surface area contributed by atoms with E-state index in [-0.39, 0.29) is 0 Å². The van der Waals surface area contributed by atoms with Crippen LogP contribution < -0.4 is 10.6 Å². The van der Waals surface area contributed by atoms with Crippen molar-refractivity contribution in [3.05, 3.63) is 34.3 Å². The van der Waals surface area contributed by atoms with Crippen molar-refractivity contribution in [2.24, 2.45) is 5.92 Å². The molecule has 0 bridgehead atoms. The number of ether oxygens (including phenoxy) is 2. The van der Waals surface area contributed by atoms with Gasteiger partial charge in [0.15, 0.2) is 0 Å². The SMILES string of the molecule is COCCNc1cc(-c2cncc(NCC3CCOCC3)c2)c(I)cn1. The zero-order chi connectivity index (χ0) is 18.2. The second kappa shape index (κ2) is 10.0. The summed E-state index contributed by atoms with van der Waals surface area (Å²) >= 11 is 2.32. The minimum atomic E-state index is 0.649. The molecule has 0 spiro atoms. The van der Waals surface area contributed by atoms with Crippen molar-refractivity contribution >= 4 is 34.1 Å². The van der Waals surface area contributed by atoms with Crippen LogP contribution in [0.2, 0.25) is 0 Å². The summed E-state index contributed by atoms with van der Waals surface area (Å²) < 4.78 is 11.6. The lowest BCUT2D eigenvalue weighted by molar-refractivity contribution is 0.0699. The second-order valence-electron chi connectivity index (χ2n) is 6.37. The number of pyridine rings is 2. The molecular weight excluding hydrogens is 443 g/mol. The fraction of sp³-hybridized carbons (Fsp3) is 0.474. The van der Waals surface area contributed by atoms with Crippen molar-refractivity contribution in [3.8, 4) is 11.1 Å². The van der Waals surface area contributed by atoms with E-state index in [4.69, 9.17) is 9.47 Å². The van der Waals surface area contributed by atoms with Crippen molar-refractivity contribution in [2.45, 2.75) is 12.8 Å². The highest BCUT2D eigenvalue weighted by Crippen LogP contribution is 2.28. The summed E-state index contributed by atoms with van der Waals surface area (Å²) in [6.07, 6.45) is 7.91. The van der Waals surface area contributed by atoms with Crippen molar-refractivity contribution < 1.29 is 9.47 Å². The van der Waals surface area contributed by atoms with Crippen molar-refractivity contribution in [3.63, 3.8) is 0 Å². The second-order valence-corrected chi connectivity index (χ2v) is 7.53. The van der Waals surface area contributed by atoms with Gasteiger partial charge in [-0.2, -0.15) is 0 Å². The minimum absolute atomic E-state index is 0.649. The van der Waals surface area contributed by atoms with Gasteiger partial charge in [0.05, 0.1) is 12.3 Å². The Balaban J connectivity index is 1.69. The van der Waals surface area contributed by atoms with E-state index in [1.54, 1.807) is 7.11 Å². The predicted molar refractivity (Wildman–Crippen MR) is 113 cm³/mol. The third kappa shape index (κ3) is 5.52. The Morgan fingerprint density at radius 3 is 2.85 bits per heavy atom. The summed E-state index contributed by atoms with van der Waals surface area (Å²) in [5.74, 6) is 1.52. The third-order valence-corrected chi connectivity index (χ3v) is 5.31. The van der Waals surface area contributed by atoms with Crippen LogP contribution in [0.4, 0.5) is 11.5 Å². The summed E-state index contributed by atoms with van der Waals surface area (Å²) in [7, 11) is 1.69. The van der Waals surface area contributed by atoms with E-state index >= 15 is 0 Å². The summed E-state index contributed by atoms with van der Waals surface area (Å²) in [5, 5.41) is 6.81. The lowest BCUT2D eigenvalue weighted by Crippen LogP contribution is -2.22. The number of aromatic nitrogens is 2. The van der Waals surface area contributed by atoms with E-state index in [0.717, 1.165) is 65.3 Å². The molecule has 26 heavy (non-hydrogen) atoms. The Morgan fingerprint density at radius 1 is 1.19 bits per heavy atom. The largest absolute Gasteiger partial charge is 0.384 e. The summed E-state index contributed by atoms with van der Waals surface area (Å²) in [6, 6.07) is 4.22. The van der Waals surface area contributed by atoms with E-state index in [2.05, 4.69) is 55.3 Å². The zero-order valence-corrected chi connectivity index (χ0v) is 17.2. The number of methoxy groups -OCH3 is 1. The number of rotatable bonds is 8. The monoisotopic (exact) mass is 468 g/mol. The third-order valence-electron chi connectivity index (χ3n) is 4.45. The topological polar surface area (TPSA) is 68.3 Å². The Kier molecular flexibility index (Phi) is 7.45. The van der Waals surface area contributed by atoms with Crippen LogP contribution in [0.3, 0.4) is 0 Å². The molecule has 0 unspecified atom stereocenters. The van der Waals surface area contributed by atoms with Crippen LogP contribution >= 0.6 is 22.6 Å². The molecule has 1 fully saturated rings. The van der Waals surface area contributed by atoms with Gasteiger partial charge >= 0.3 is 0 Å². The molecule has 1 aliphatic heterocycles. The minimum Gasteiger partial charge on any atom is -0.384 e. The standard InChI is InChI=1S/C19H25IN4O2/c1-25-7-4-22-19-9-17(18(20)13-24-19)15-8-16(12-21-11-15)23-10-14-2-5-26-6-3-14/h8-9,11-14,23H,2-7,10H2,1H3,(H,22,24). The number of nitrogens with one attached hydrogen (secondary N) is 2. The van der Waals surface area contributed by atoms with E-state index in [0.29, 0.717) is 12.5 Å². The van der Waals surface area contributed by atoms with Crippen molar-refractivity contribution in [2.75, 3.05) is 50.7 Å². The van der Waals surface area contributed by atoms with Gasteiger partial charge < -0.3 is 20.1 Å². The van der Waals surface area contributed by atoms with E-state index in [9.17, 15) is 0 Å². The smallest absolute Gasteiger partial charge is 0.126 e. The molecule has 2 aromatic rings. The first-order chi connectivity index (χ1) is 12.8. The maximum atomic E-state index is 5.43. The van der Waals surface area contributed by atoms with Crippen LogP contribution in [0.1, 0.15) is 12.8 Å². The normalized spacial score (nSPS) is 15.0. The molecule has 6 nitrogen and oxygen atoms in total. The van der Waals surface area contributed by atoms with E-state index in [1.807, 2.05) is 18.6 Å². The highest BCUT2D eigenvalue weighted by Gasteiger charge is 2.13. The highest BCUT2D eigenvalue weighted by atomic mass is 127. The molecule has 3 heterocycles. The number of hydrogen-bond donors (Lipinski definition) is 2.